The van der Waals surface area contributed by atoms with Gasteiger partial charge in [0, 0.05) is 10.6 Å². The monoisotopic (exact) mass is 406 g/mol. The van der Waals surface area contributed by atoms with E-state index < -0.39 is 15.9 Å². The van der Waals surface area contributed by atoms with Gasteiger partial charge in [-0.3, -0.25) is 14.2 Å². The highest BCUT2D eigenvalue weighted by molar-refractivity contribution is 7.89. The smallest absolute Gasteiger partial charge is 0.262 e. The van der Waals surface area contributed by atoms with Crippen LogP contribution in [0.4, 0.5) is 5.69 Å². The summed E-state index contributed by atoms with van der Waals surface area (Å²) in [6, 6.07) is 6.20. The van der Waals surface area contributed by atoms with E-state index in [-0.39, 0.29) is 22.7 Å². The minimum atomic E-state index is -3.90. The Balaban J connectivity index is 1.83. The molecule has 3 N–H and O–H groups in total. The van der Waals surface area contributed by atoms with Crippen LogP contribution in [0, 0.1) is 6.92 Å². The summed E-state index contributed by atoms with van der Waals surface area (Å²) in [6.07, 6.45) is 2.14. The number of anilines is 1. The maximum absolute atomic E-state index is 12.5. The van der Waals surface area contributed by atoms with Gasteiger partial charge in [-0.05, 0) is 37.1 Å². The van der Waals surface area contributed by atoms with Crippen LogP contribution in [-0.4, -0.2) is 23.9 Å². The zero-order valence-electron chi connectivity index (χ0n) is 14.7. The van der Waals surface area contributed by atoms with Gasteiger partial charge in [0.1, 0.15) is 11.4 Å². The number of hydrogen-bond acceptors (Lipinski definition) is 6. The van der Waals surface area contributed by atoms with Crippen molar-refractivity contribution in [3.05, 3.63) is 51.4 Å². The Morgan fingerprint density at radius 1 is 1.33 bits per heavy atom. The van der Waals surface area contributed by atoms with Crippen LogP contribution in [0.5, 0.6) is 0 Å². The summed E-state index contributed by atoms with van der Waals surface area (Å²) in [5.74, 6) is -0.478. The van der Waals surface area contributed by atoms with Crippen molar-refractivity contribution in [3.63, 3.8) is 0 Å². The third kappa shape index (κ3) is 4.07. The molecule has 0 bridgehead atoms. The zero-order valence-corrected chi connectivity index (χ0v) is 16.4. The van der Waals surface area contributed by atoms with Gasteiger partial charge in [-0.2, -0.15) is 0 Å². The number of nitrogens with two attached hydrogens (primary N) is 1. The van der Waals surface area contributed by atoms with E-state index >= 15 is 0 Å². The van der Waals surface area contributed by atoms with Crippen LogP contribution in [-0.2, 0) is 27.8 Å². The van der Waals surface area contributed by atoms with Gasteiger partial charge in [0.2, 0.25) is 15.9 Å². The van der Waals surface area contributed by atoms with Crippen LogP contribution in [0.2, 0.25) is 0 Å². The molecule has 8 nitrogen and oxygen atoms in total. The fourth-order valence-corrected chi connectivity index (χ4v) is 4.37. The zero-order chi connectivity index (χ0) is 19.8. The molecule has 0 saturated carbocycles. The van der Waals surface area contributed by atoms with Crippen molar-refractivity contribution in [1.82, 2.24) is 9.55 Å². The van der Waals surface area contributed by atoms with Crippen molar-refractivity contribution in [1.29, 1.82) is 0 Å². The Labute approximate surface area is 159 Å². The van der Waals surface area contributed by atoms with E-state index in [2.05, 4.69) is 10.3 Å². The minimum Gasteiger partial charge on any atom is -0.324 e. The number of rotatable bonds is 5. The Kier molecular flexibility index (Phi) is 5.13. The average Bonchev–Trinajstić information content (AvgIpc) is 3.02. The lowest BCUT2D eigenvalue weighted by atomic mass is 10.2. The molecule has 0 aliphatic carbocycles. The van der Waals surface area contributed by atoms with Gasteiger partial charge in [0.15, 0.2) is 0 Å². The second kappa shape index (κ2) is 7.22. The topological polar surface area (TPSA) is 124 Å². The Bertz CT molecular complexity index is 1200. The number of hydrogen-bond donors (Lipinski definition) is 2. The van der Waals surface area contributed by atoms with E-state index in [0.717, 1.165) is 11.3 Å². The first kappa shape index (κ1) is 19.2. The van der Waals surface area contributed by atoms with Crippen molar-refractivity contribution in [2.75, 3.05) is 5.32 Å². The summed E-state index contributed by atoms with van der Waals surface area (Å²) in [7, 11) is -3.90. The molecule has 1 aromatic carbocycles. The summed E-state index contributed by atoms with van der Waals surface area (Å²) in [5.41, 5.74) is 0.464. The summed E-state index contributed by atoms with van der Waals surface area (Å²) in [6.45, 7) is 3.36. The van der Waals surface area contributed by atoms with Crippen LogP contribution in [0.25, 0.3) is 10.2 Å². The largest absolute Gasteiger partial charge is 0.324 e. The highest BCUT2D eigenvalue weighted by Gasteiger charge is 2.14. The van der Waals surface area contributed by atoms with E-state index in [1.54, 1.807) is 25.1 Å². The number of aromatic nitrogens is 2. The molecule has 3 rings (SSSR count). The molecule has 0 spiro atoms. The molecule has 0 aliphatic rings. The first-order chi connectivity index (χ1) is 12.7. The molecule has 3 aromatic rings. The third-order valence-electron chi connectivity index (χ3n) is 4.01. The molecule has 142 valence electrons. The van der Waals surface area contributed by atoms with Gasteiger partial charge >= 0.3 is 0 Å². The molecule has 1 amide bonds. The summed E-state index contributed by atoms with van der Waals surface area (Å²) < 4.78 is 24.4. The van der Waals surface area contributed by atoms with Crippen LogP contribution >= 0.6 is 11.3 Å². The number of amides is 1. The van der Waals surface area contributed by atoms with E-state index in [9.17, 15) is 18.0 Å². The Morgan fingerprint density at radius 2 is 2.07 bits per heavy atom. The number of nitrogens with one attached hydrogen (secondary N) is 1. The molecule has 2 aromatic heterocycles. The van der Waals surface area contributed by atoms with Gasteiger partial charge in [-0.15, -0.1) is 11.3 Å². The molecule has 10 heteroatoms. The molecule has 0 unspecified atom stereocenters. The van der Waals surface area contributed by atoms with E-state index in [1.807, 2.05) is 6.92 Å². The fraction of sp³-hybridized carbons (Fsp3) is 0.235. The normalized spacial score (nSPS) is 11.7. The van der Waals surface area contributed by atoms with Gasteiger partial charge in [-0.25, -0.2) is 18.5 Å². The lowest BCUT2D eigenvalue weighted by Gasteiger charge is -2.10. The second-order valence-corrected chi connectivity index (χ2v) is 8.68. The third-order valence-corrected chi connectivity index (χ3v) is 6.25. The maximum Gasteiger partial charge on any atom is 0.262 e. The number of carbonyl (C=O) groups excluding carboxylic acids is 1. The second-order valence-electron chi connectivity index (χ2n) is 6.04. The quantitative estimate of drug-likeness (QED) is 0.666. The van der Waals surface area contributed by atoms with Crippen molar-refractivity contribution in [3.8, 4) is 0 Å². The molecule has 0 radical (unpaired) electrons. The molecule has 0 saturated heterocycles. The van der Waals surface area contributed by atoms with Gasteiger partial charge < -0.3 is 5.32 Å². The molecule has 2 heterocycles. The number of aryl methyl sites for hydroxylation is 2. The number of sulfonamides is 1. The average molecular weight is 406 g/mol. The predicted octanol–water partition coefficient (Wildman–Crippen LogP) is 1.61. The summed E-state index contributed by atoms with van der Waals surface area (Å²) in [4.78, 5) is 30.7. The number of benzene rings is 1. The number of fused-ring (bicyclic) bond motifs is 1. The minimum absolute atomic E-state index is 0.0640. The van der Waals surface area contributed by atoms with Crippen molar-refractivity contribution < 1.29 is 13.2 Å². The first-order valence-electron chi connectivity index (χ1n) is 8.10. The van der Waals surface area contributed by atoms with Crippen LogP contribution in [0.3, 0.4) is 0 Å². The van der Waals surface area contributed by atoms with Gasteiger partial charge in [0.05, 0.1) is 16.6 Å². The highest BCUT2D eigenvalue weighted by atomic mass is 32.2. The molecule has 0 fully saturated rings. The van der Waals surface area contributed by atoms with E-state index in [0.29, 0.717) is 15.8 Å². The fourth-order valence-electron chi connectivity index (χ4n) is 2.64. The SMILES string of the molecule is CCc1cc2c(=O)n(CC(=O)Nc3ccc(C)c(S(N)(=O)=O)c3)cnc2s1. The van der Waals surface area contributed by atoms with Crippen LogP contribution in [0.1, 0.15) is 17.4 Å². The van der Waals surface area contributed by atoms with Gasteiger partial charge in [0.25, 0.3) is 5.56 Å². The highest BCUT2D eigenvalue weighted by Crippen LogP contribution is 2.21. The van der Waals surface area contributed by atoms with Crippen molar-refractivity contribution in [2.45, 2.75) is 31.7 Å². The Morgan fingerprint density at radius 3 is 2.74 bits per heavy atom. The number of primary sulfonamides is 1. The lowest BCUT2D eigenvalue weighted by Crippen LogP contribution is -2.27. The molecule has 0 atom stereocenters. The number of nitrogens with zero attached hydrogens (tertiary/aromatic N) is 2. The molecule has 0 aliphatic heterocycles. The van der Waals surface area contributed by atoms with Crippen molar-refractivity contribution in [2.24, 2.45) is 5.14 Å². The summed E-state index contributed by atoms with van der Waals surface area (Å²) in [5, 5.41) is 8.24. The van der Waals surface area contributed by atoms with Crippen LogP contribution < -0.4 is 16.0 Å². The lowest BCUT2D eigenvalue weighted by molar-refractivity contribution is -0.116. The standard InChI is InChI=1S/C17H18N4O4S2/c1-3-12-7-13-16(26-12)19-9-21(17(13)23)8-15(22)20-11-5-4-10(2)14(6-11)27(18,24)25/h4-7,9H,3,8H2,1-2H3,(H,20,22)(H2,18,24,25). The number of carbonyl (C=O) groups is 1. The maximum atomic E-state index is 12.5. The first-order valence-corrected chi connectivity index (χ1v) is 10.5. The van der Waals surface area contributed by atoms with Crippen molar-refractivity contribution >= 4 is 43.2 Å². The van der Waals surface area contributed by atoms with Gasteiger partial charge in [-0.1, -0.05) is 13.0 Å². The number of thiophene rings is 1. The summed E-state index contributed by atoms with van der Waals surface area (Å²) >= 11 is 1.45. The molecule has 27 heavy (non-hydrogen) atoms. The van der Waals surface area contributed by atoms with E-state index in [1.165, 1.54) is 28.3 Å². The van der Waals surface area contributed by atoms with Crippen LogP contribution in [0.15, 0.2) is 40.3 Å². The van der Waals surface area contributed by atoms with E-state index in [4.69, 9.17) is 5.14 Å². The molecular weight excluding hydrogens is 388 g/mol. The molecular formula is C17H18N4O4S2. The Hall–Kier alpha value is -2.56. The predicted molar refractivity (Wildman–Crippen MR) is 104 cm³/mol.